The number of aromatic nitrogens is 1. The molecule has 1 aromatic heterocycles. The van der Waals surface area contributed by atoms with Crippen LogP contribution in [0.15, 0.2) is 18.3 Å². The van der Waals surface area contributed by atoms with Gasteiger partial charge in [0.2, 0.25) is 0 Å². The van der Waals surface area contributed by atoms with Crippen LogP contribution in [0.3, 0.4) is 0 Å². The third kappa shape index (κ3) is 1.58. The van der Waals surface area contributed by atoms with Crippen LogP contribution in [0.4, 0.5) is 0 Å². The van der Waals surface area contributed by atoms with Crippen LogP contribution >= 0.6 is 11.8 Å². The number of carboxylic acid groups (broad SMARTS) is 1. The summed E-state index contributed by atoms with van der Waals surface area (Å²) < 4.78 is 1.88. The van der Waals surface area contributed by atoms with E-state index in [1.54, 1.807) is 12.1 Å². The topological polar surface area (TPSA) is 42.2 Å². The van der Waals surface area contributed by atoms with Crippen LogP contribution in [0.1, 0.15) is 23.0 Å². The summed E-state index contributed by atoms with van der Waals surface area (Å²) in [5.74, 6) is 1.35. The Balaban J connectivity index is 2.28. The van der Waals surface area contributed by atoms with E-state index in [9.17, 15) is 4.79 Å². The summed E-state index contributed by atoms with van der Waals surface area (Å²) in [4.78, 5) is 10.8. The van der Waals surface area contributed by atoms with Crippen molar-refractivity contribution in [1.29, 1.82) is 0 Å². The summed E-state index contributed by atoms with van der Waals surface area (Å²) in [7, 11) is 0. The van der Waals surface area contributed by atoms with Crippen LogP contribution in [-0.2, 0) is 0 Å². The van der Waals surface area contributed by atoms with Gasteiger partial charge in [-0.15, -0.1) is 0 Å². The highest BCUT2D eigenvalue weighted by Gasteiger charge is 2.20. The van der Waals surface area contributed by atoms with Crippen LogP contribution < -0.4 is 0 Å². The third-order valence-electron chi connectivity index (χ3n) is 2.30. The maximum absolute atomic E-state index is 10.8. The van der Waals surface area contributed by atoms with Gasteiger partial charge in [-0.05, 0) is 24.3 Å². The van der Waals surface area contributed by atoms with Gasteiger partial charge in [-0.2, -0.15) is 11.8 Å². The number of rotatable bonds is 2. The van der Waals surface area contributed by atoms with Gasteiger partial charge >= 0.3 is 5.97 Å². The molecule has 1 N–H and O–H groups in total. The Morgan fingerprint density at radius 1 is 1.69 bits per heavy atom. The maximum atomic E-state index is 10.8. The van der Waals surface area contributed by atoms with Crippen molar-refractivity contribution >= 4 is 17.7 Å². The monoisotopic (exact) mass is 197 g/mol. The maximum Gasteiger partial charge on any atom is 0.352 e. The lowest BCUT2D eigenvalue weighted by molar-refractivity contribution is 0.0683. The van der Waals surface area contributed by atoms with E-state index < -0.39 is 5.97 Å². The molecule has 1 unspecified atom stereocenters. The summed E-state index contributed by atoms with van der Waals surface area (Å²) in [6.07, 6.45) is 2.94. The Hall–Kier alpha value is -0.900. The fraction of sp³-hybridized carbons (Fsp3) is 0.444. The van der Waals surface area contributed by atoms with E-state index in [1.807, 2.05) is 22.5 Å². The van der Waals surface area contributed by atoms with Gasteiger partial charge in [-0.1, -0.05) is 0 Å². The molecular formula is C9H11NO2S. The zero-order valence-corrected chi connectivity index (χ0v) is 7.96. The number of aromatic carboxylic acids is 1. The molecule has 0 aromatic carbocycles. The fourth-order valence-corrected chi connectivity index (χ4v) is 2.84. The zero-order valence-electron chi connectivity index (χ0n) is 7.14. The molecule has 2 rings (SSSR count). The molecule has 0 amide bonds. The standard InChI is InChI=1S/C9H11NO2S/c11-9(12)8-2-1-4-10(8)7-3-5-13-6-7/h1-2,4,7H,3,5-6H2,(H,11,12). The van der Waals surface area contributed by atoms with Crippen LogP contribution in [0.5, 0.6) is 0 Å². The average Bonchev–Trinajstić information content (AvgIpc) is 2.74. The molecule has 3 nitrogen and oxygen atoms in total. The highest BCUT2D eigenvalue weighted by atomic mass is 32.2. The normalized spacial score (nSPS) is 22.0. The van der Waals surface area contributed by atoms with Gasteiger partial charge in [-0.25, -0.2) is 4.79 Å². The first-order valence-corrected chi connectivity index (χ1v) is 5.42. The van der Waals surface area contributed by atoms with Gasteiger partial charge in [0.1, 0.15) is 5.69 Å². The molecule has 4 heteroatoms. The number of carbonyl (C=O) groups is 1. The summed E-state index contributed by atoms with van der Waals surface area (Å²) >= 11 is 1.89. The minimum atomic E-state index is -0.832. The lowest BCUT2D eigenvalue weighted by atomic mass is 10.2. The number of thioether (sulfide) groups is 1. The van der Waals surface area contributed by atoms with Crippen molar-refractivity contribution in [1.82, 2.24) is 4.57 Å². The van der Waals surface area contributed by atoms with Crippen molar-refractivity contribution in [3.05, 3.63) is 24.0 Å². The van der Waals surface area contributed by atoms with Gasteiger partial charge in [-0.3, -0.25) is 0 Å². The lowest BCUT2D eigenvalue weighted by Gasteiger charge is -2.12. The molecule has 0 saturated carbocycles. The fourth-order valence-electron chi connectivity index (χ4n) is 1.63. The summed E-state index contributed by atoms with van der Waals surface area (Å²) in [5, 5.41) is 8.89. The van der Waals surface area contributed by atoms with Crippen LogP contribution in [0.25, 0.3) is 0 Å². The van der Waals surface area contributed by atoms with Crippen LogP contribution in [0, 0.1) is 0 Å². The largest absolute Gasteiger partial charge is 0.477 e. The molecule has 1 aliphatic rings. The Labute approximate surface area is 80.7 Å². The van der Waals surface area contributed by atoms with E-state index in [0.29, 0.717) is 11.7 Å². The molecule has 70 valence electrons. The minimum Gasteiger partial charge on any atom is -0.477 e. The summed E-state index contributed by atoms with van der Waals surface area (Å²) in [5.41, 5.74) is 0.410. The summed E-state index contributed by atoms with van der Waals surface area (Å²) in [6.45, 7) is 0. The van der Waals surface area contributed by atoms with Gasteiger partial charge in [0.25, 0.3) is 0 Å². The highest BCUT2D eigenvalue weighted by molar-refractivity contribution is 7.99. The van der Waals surface area contributed by atoms with E-state index in [2.05, 4.69) is 0 Å². The van der Waals surface area contributed by atoms with E-state index >= 15 is 0 Å². The van der Waals surface area contributed by atoms with Gasteiger partial charge < -0.3 is 9.67 Å². The predicted octanol–water partition coefficient (Wildman–Crippen LogP) is 1.86. The first-order valence-electron chi connectivity index (χ1n) is 4.27. The molecule has 0 spiro atoms. The number of hydrogen-bond donors (Lipinski definition) is 1. The van der Waals surface area contributed by atoms with Crippen LogP contribution in [-0.4, -0.2) is 27.1 Å². The second-order valence-corrected chi connectivity index (χ2v) is 4.27. The van der Waals surface area contributed by atoms with Crippen molar-refractivity contribution in [3.8, 4) is 0 Å². The molecule has 1 saturated heterocycles. The van der Waals surface area contributed by atoms with Crippen molar-refractivity contribution in [3.63, 3.8) is 0 Å². The Bertz CT molecular complexity index is 315. The van der Waals surface area contributed by atoms with E-state index in [4.69, 9.17) is 5.11 Å². The molecular weight excluding hydrogens is 186 g/mol. The lowest BCUT2D eigenvalue weighted by Crippen LogP contribution is -2.13. The SMILES string of the molecule is O=C(O)c1cccn1C1CCSC1. The van der Waals surface area contributed by atoms with E-state index in [-0.39, 0.29) is 0 Å². The third-order valence-corrected chi connectivity index (χ3v) is 3.44. The Kier molecular flexibility index (Phi) is 2.31. The van der Waals surface area contributed by atoms with Gasteiger partial charge in [0.05, 0.1) is 0 Å². The average molecular weight is 197 g/mol. The second-order valence-electron chi connectivity index (χ2n) is 3.12. The predicted molar refractivity (Wildman–Crippen MR) is 52.4 cm³/mol. The molecule has 1 fully saturated rings. The quantitative estimate of drug-likeness (QED) is 0.787. The van der Waals surface area contributed by atoms with Gasteiger partial charge in [0, 0.05) is 18.0 Å². The highest BCUT2D eigenvalue weighted by Crippen LogP contribution is 2.28. The first-order chi connectivity index (χ1) is 6.29. The molecule has 2 heterocycles. The molecule has 0 bridgehead atoms. The summed E-state index contributed by atoms with van der Waals surface area (Å²) in [6, 6.07) is 3.84. The molecule has 13 heavy (non-hydrogen) atoms. The van der Waals surface area contributed by atoms with Crippen molar-refractivity contribution in [2.24, 2.45) is 0 Å². The number of carboxylic acids is 1. The molecule has 1 atom stereocenters. The van der Waals surface area contributed by atoms with Crippen molar-refractivity contribution in [2.75, 3.05) is 11.5 Å². The molecule has 1 aliphatic heterocycles. The van der Waals surface area contributed by atoms with Crippen molar-refractivity contribution in [2.45, 2.75) is 12.5 Å². The number of nitrogens with zero attached hydrogens (tertiary/aromatic N) is 1. The Morgan fingerprint density at radius 3 is 3.15 bits per heavy atom. The second kappa shape index (κ2) is 3.46. The molecule has 0 radical (unpaired) electrons. The van der Waals surface area contributed by atoms with Crippen LogP contribution in [0.2, 0.25) is 0 Å². The zero-order chi connectivity index (χ0) is 9.26. The van der Waals surface area contributed by atoms with E-state index in [1.165, 1.54) is 0 Å². The van der Waals surface area contributed by atoms with E-state index in [0.717, 1.165) is 17.9 Å². The van der Waals surface area contributed by atoms with Crippen molar-refractivity contribution < 1.29 is 9.90 Å². The van der Waals surface area contributed by atoms with Gasteiger partial charge in [0.15, 0.2) is 0 Å². The first kappa shape index (κ1) is 8.69. The molecule has 1 aromatic rings. The number of hydrogen-bond acceptors (Lipinski definition) is 2. The minimum absolute atomic E-state index is 0.381. The smallest absolute Gasteiger partial charge is 0.352 e. The Morgan fingerprint density at radius 2 is 2.54 bits per heavy atom. The molecule has 0 aliphatic carbocycles.